The summed E-state index contributed by atoms with van der Waals surface area (Å²) in [5, 5.41) is 0.394. The van der Waals surface area contributed by atoms with Crippen molar-refractivity contribution >= 4 is 26.6 Å². The van der Waals surface area contributed by atoms with E-state index in [1.54, 1.807) is 18.2 Å². The summed E-state index contributed by atoms with van der Waals surface area (Å²) >= 11 is 0. The van der Waals surface area contributed by atoms with E-state index in [4.69, 9.17) is 0 Å². The summed E-state index contributed by atoms with van der Waals surface area (Å²) in [5.41, 5.74) is -0.630. The van der Waals surface area contributed by atoms with E-state index in [2.05, 4.69) is 9.97 Å². The highest BCUT2D eigenvalue weighted by Crippen LogP contribution is 2.37. The molecule has 0 unspecified atom stereocenters. The molecule has 0 saturated heterocycles. The highest BCUT2D eigenvalue weighted by atomic mass is 32.2. The first-order valence-corrected chi connectivity index (χ1v) is 8.12. The van der Waals surface area contributed by atoms with Crippen molar-refractivity contribution in [3.05, 3.63) is 61.1 Å². The number of nitrogens with zero attached hydrogens (tertiary/aromatic N) is 3. The molecule has 0 aliphatic carbocycles. The molecule has 9 heteroatoms. The Bertz CT molecular complexity index is 971. The molecule has 2 heterocycles. The first kappa shape index (κ1) is 16.2. The molecule has 0 amide bonds. The fraction of sp³-hybridized carbons (Fsp3) is 0.0667. The molecule has 0 atom stereocenters. The van der Waals surface area contributed by atoms with Crippen LogP contribution in [-0.4, -0.2) is 24.7 Å². The summed E-state index contributed by atoms with van der Waals surface area (Å²) in [7, 11) is -4.90. The fourth-order valence-corrected chi connectivity index (χ4v) is 3.59. The normalized spacial score (nSPS) is 12.3. The standard InChI is InChI=1S/C15H10F3N3O2S/c16-15(17,18)21(24(22,23)12-6-3-8-19-10-12)13-7-1-4-11-5-2-9-20-14(11)13/h1-10H. The Hall–Kier alpha value is -2.68. The number of para-hydroxylation sites is 1. The molecule has 0 aliphatic heterocycles. The van der Waals surface area contributed by atoms with Crippen LogP contribution in [0, 0.1) is 0 Å². The van der Waals surface area contributed by atoms with Crippen LogP contribution in [0.5, 0.6) is 0 Å². The number of hydrogen-bond donors (Lipinski definition) is 0. The zero-order valence-corrected chi connectivity index (χ0v) is 12.8. The van der Waals surface area contributed by atoms with Crippen molar-refractivity contribution in [3.63, 3.8) is 0 Å². The van der Waals surface area contributed by atoms with Gasteiger partial charge < -0.3 is 0 Å². The lowest BCUT2D eigenvalue weighted by Gasteiger charge is -2.26. The van der Waals surface area contributed by atoms with E-state index < -0.39 is 31.2 Å². The average Bonchev–Trinajstić information content (AvgIpc) is 2.54. The molecular weight excluding hydrogens is 343 g/mol. The van der Waals surface area contributed by atoms with Gasteiger partial charge in [-0.15, -0.1) is 13.2 Å². The molecule has 1 aromatic carbocycles. The third-order valence-corrected chi connectivity index (χ3v) is 4.95. The van der Waals surface area contributed by atoms with Crippen LogP contribution in [0.1, 0.15) is 0 Å². The topological polar surface area (TPSA) is 63.2 Å². The van der Waals surface area contributed by atoms with Gasteiger partial charge in [0, 0.05) is 24.0 Å². The molecule has 0 spiro atoms. The molecule has 0 aliphatic rings. The van der Waals surface area contributed by atoms with Gasteiger partial charge in [0.2, 0.25) is 0 Å². The van der Waals surface area contributed by atoms with Crippen LogP contribution in [-0.2, 0) is 10.0 Å². The highest BCUT2D eigenvalue weighted by Gasteiger charge is 2.47. The number of anilines is 1. The Morgan fingerprint density at radius 1 is 0.958 bits per heavy atom. The van der Waals surface area contributed by atoms with Gasteiger partial charge in [0.25, 0.3) is 10.0 Å². The molecule has 0 bridgehead atoms. The van der Waals surface area contributed by atoms with Gasteiger partial charge >= 0.3 is 6.30 Å². The van der Waals surface area contributed by atoms with Gasteiger partial charge in [-0.25, -0.2) is 8.42 Å². The number of halogens is 3. The summed E-state index contributed by atoms with van der Waals surface area (Å²) in [5.74, 6) is 0. The highest BCUT2D eigenvalue weighted by molar-refractivity contribution is 7.92. The van der Waals surface area contributed by atoms with E-state index in [-0.39, 0.29) is 5.52 Å². The molecule has 24 heavy (non-hydrogen) atoms. The lowest BCUT2D eigenvalue weighted by Crippen LogP contribution is -2.43. The first-order valence-electron chi connectivity index (χ1n) is 6.68. The zero-order valence-electron chi connectivity index (χ0n) is 12.0. The number of fused-ring (bicyclic) bond motifs is 1. The lowest BCUT2D eigenvalue weighted by molar-refractivity contribution is -0.115. The molecular formula is C15H10F3N3O2S. The minimum absolute atomic E-state index is 0.0650. The second-order valence-corrected chi connectivity index (χ2v) is 6.56. The second kappa shape index (κ2) is 5.75. The maximum absolute atomic E-state index is 13.6. The van der Waals surface area contributed by atoms with E-state index in [0.717, 1.165) is 18.3 Å². The summed E-state index contributed by atoms with van der Waals surface area (Å²) < 4.78 is 65.4. The number of sulfonamides is 1. The molecule has 3 rings (SSSR count). The molecule has 0 radical (unpaired) electrons. The van der Waals surface area contributed by atoms with Gasteiger partial charge in [-0.05, 0) is 24.3 Å². The summed E-state index contributed by atoms with van der Waals surface area (Å²) in [6.45, 7) is 0. The molecule has 0 N–H and O–H groups in total. The van der Waals surface area contributed by atoms with Crippen LogP contribution in [0.2, 0.25) is 0 Å². The summed E-state index contributed by atoms with van der Waals surface area (Å²) in [4.78, 5) is 6.92. The lowest BCUT2D eigenvalue weighted by atomic mass is 10.2. The Morgan fingerprint density at radius 3 is 2.33 bits per heavy atom. The molecule has 124 valence electrons. The summed E-state index contributed by atoms with van der Waals surface area (Å²) in [6.07, 6.45) is -1.72. The van der Waals surface area contributed by atoms with Crippen LogP contribution in [0.4, 0.5) is 18.9 Å². The van der Waals surface area contributed by atoms with Gasteiger partial charge in [-0.1, -0.05) is 18.2 Å². The van der Waals surface area contributed by atoms with Gasteiger partial charge in [-0.2, -0.15) is 4.31 Å². The third kappa shape index (κ3) is 2.78. The predicted octanol–water partition coefficient (Wildman–Crippen LogP) is 3.34. The van der Waals surface area contributed by atoms with Crippen molar-refractivity contribution in [2.45, 2.75) is 11.2 Å². The van der Waals surface area contributed by atoms with Crippen molar-refractivity contribution in [1.29, 1.82) is 0 Å². The monoisotopic (exact) mass is 353 g/mol. The van der Waals surface area contributed by atoms with Crippen LogP contribution in [0.15, 0.2) is 66.0 Å². The maximum Gasteiger partial charge on any atom is 0.498 e. The minimum Gasteiger partial charge on any atom is -0.263 e. The van der Waals surface area contributed by atoms with Crippen LogP contribution < -0.4 is 4.31 Å². The van der Waals surface area contributed by atoms with Gasteiger partial charge in [0.05, 0.1) is 11.2 Å². The van der Waals surface area contributed by atoms with E-state index in [1.807, 2.05) is 0 Å². The quantitative estimate of drug-likeness (QED) is 0.678. The number of hydrogen-bond acceptors (Lipinski definition) is 4. The van der Waals surface area contributed by atoms with Crippen LogP contribution in [0.25, 0.3) is 10.9 Å². The Balaban J connectivity index is 2.29. The number of alkyl halides is 3. The van der Waals surface area contributed by atoms with Gasteiger partial charge in [-0.3, -0.25) is 9.97 Å². The molecule has 2 aromatic heterocycles. The minimum atomic E-state index is -5.17. The fourth-order valence-electron chi connectivity index (χ4n) is 2.26. The SMILES string of the molecule is O=S(=O)(c1cccnc1)N(c1cccc2cccnc12)C(F)(F)F. The van der Waals surface area contributed by atoms with E-state index in [1.165, 1.54) is 24.5 Å². The number of pyridine rings is 2. The maximum atomic E-state index is 13.6. The molecule has 0 saturated carbocycles. The first-order chi connectivity index (χ1) is 11.3. The number of rotatable bonds is 3. The smallest absolute Gasteiger partial charge is 0.263 e. The Morgan fingerprint density at radius 2 is 1.67 bits per heavy atom. The third-order valence-electron chi connectivity index (χ3n) is 3.23. The molecule has 5 nitrogen and oxygen atoms in total. The van der Waals surface area contributed by atoms with Gasteiger partial charge in [0.15, 0.2) is 0 Å². The van der Waals surface area contributed by atoms with Crippen molar-refractivity contribution in [2.24, 2.45) is 0 Å². The number of benzene rings is 1. The second-order valence-electron chi connectivity index (χ2n) is 4.78. The zero-order chi connectivity index (χ0) is 17.4. The van der Waals surface area contributed by atoms with Crippen molar-refractivity contribution in [3.8, 4) is 0 Å². The molecule has 0 fully saturated rings. The van der Waals surface area contributed by atoms with Gasteiger partial charge in [0.1, 0.15) is 4.90 Å². The van der Waals surface area contributed by atoms with Crippen molar-refractivity contribution in [2.75, 3.05) is 4.31 Å². The van der Waals surface area contributed by atoms with E-state index >= 15 is 0 Å². The average molecular weight is 353 g/mol. The summed E-state index contributed by atoms with van der Waals surface area (Å²) in [6, 6.07) is 9.38. The van der Waals surface area contributed by atoms with Crippen molar-refractivity contribution in [1.82, 2.24) is 9.97 Å². The predicted molar refractivity (Wildman–Crippen MR) is 81.7 cm³/mol. The Kier molecular flexibility index (Phi) is 3.88. The van der Waals surface area contributed by atoms with Crippen LogP contribution in [0.3, 0.4) is 0 Å². The number of aromatic nitrogens is 2. The van der Waals surface area contributed by atoms with E-state index in [0.29, 0.717) is 5.39 Å². The van der Waals surface area contributed by atoms with Crippen molar-refractivity contribution < 1.29 is 21.6 Å². The Labute approximate surface area is 135 Å². The molecule has 3 aromatic rings. The largest absolute Gasteiger partial charge is 0.498 e. The van der Waals surface area contributed by atoms with Crippen LogP contribution >= 0.6 is 0 Å². The van der Waals surface area contributed by atoms with E-state index in [9.17, 15) is 21.6 Å².